The number of benzene rings is 1. The van der Waals surface area contributed by atoms with Gasteiger partial charge in [-0.25, -0.2) is 4.39 Å². The highest BCUT2D eigenvalue weighted by atomic mass is 19.1. The highest BCUT2D eigenvalue weighted by molar-refractivity contribution is 5.80. The second kappa shape index (κ2) is 11.4. The maximum absolute atomic E-state index is 13.3. The maximum atomic E-state index is 13.3. The van der Waals surface area contributed by atoms with Gasteiger partial charge in [0, 0.05) is 32.8 Å². The molecule has 1 N–H and O–H groups in total. The van der Waals surface area contributed by atoms with Crippen LogP contribution in [0.2, 0.25) is 0 Å². The summed E-state index contributed by atoms with van der Waals surface area (Å²) in [5, 5.41) is 3.37. The number of ether oxygens (including phenoxy) is 3. The van der Waals surface area contributed by atoms with Crippen LogP contribution in [0.1, 0.15) is 39.0 Å². The van der Waals surface area contributed by atoms with Crippen LogP contribution in [0.25, 0.3) is 0 Å². The minimum absolute atomic E-state index is 0.107. The molecule has 2 heterocycles. The van der Waals surface area contributed by atoms with Crippen LogP contribution in [-0.2, 0) is 9.47 Å². The summed E-state index contributed by atoms with van der Waals surface area (Å²) in [5.41, 5.74) is 0. The lowest BCUT2D eigenvalue weighted by molar-refractivity contribution is -0.0721. The molecule has 2 aliphatic heterocycles. The first-order chi connectivity index (χ1) is 14.1. The Morgan fingerprint density at radius 3 is 2.83 bits per heavy atom. The molecule has 1 aromatic carbocycles. The van der Waals surface area contributed by atoms with Gasteiger partial charge in [-0.05, 0) is 51.2 Å². The third-order valence-corrected chi connectivity index (χ3v) is 5.43. The Kier molecular flexibility index (Phi) is 8.55. The number of nitrogens with zero attached hydrogens (tertiary/aromatic N) is 2. The van der Waals surface area contributed by atoms with Gasteiger partial charge < -0.3 is 24.4 Å². The van der Waals surface area contributed by atoms with Gasteiger partial charge in [-0.1, -0.05) is 6.07 Å². The second-order valence-electron chi connectivity index (χ2n) is 7.82. The third-order valence-electron chi connectivity index (χ3n) is 5.43. The molecule has 0 amide bonds. The zero-order chi connectivity index (χ0) is 20.5. The van der Waals surface area contributed by atoms with Crippen LogP contribution >= 0.6 is 0 Å². The van der Waals surface area contributed by atoms with Crippen LogP contribution in [-0.4, -0.2) is 69.1 Å². The highest BCUT2D eigenvalue weighted by Crippen LogP contribution is 2.18. The quantitative estimate of drug-likeness (QED) is 0.556. The molecule has 3 rings (SSSR count). The molecule has 0 saturated carbocycles. The van der Waals surface area contributed by atoms with E-state index in [4.69, 9.17) is 14.2 Å². The van der Waals surface area contributed by atoms with Gasteiger partial charge in [0.1, 0.15) is 17.7 Å². The first kappa shape index (κ1) is 21.8. The molecule has 0 radical (unpaired) electrons. The normalized spacial score (nSPS) is 22.4. The maximum Gasteiger partial charge on any atom is 0.193 e. The first-order valence-corrected chi connectivity index (χ1v) is 10.7. The number of nitrogens with one attached hydrogen (secondary N) is 1. The fourth-order valence-corrected chi connectivity index (χ4v) is 3.80. The fourth-order valence-electron chi connectivity index (χ4n) is 3.80. The number of piperidine rings is 1. The van der Waals surface area contributed by atoms with Crippen molar-refractivity contribution in [3.8, 4) is 5.75 Å². The predicted octanol–water partition coefficient (Wildman–Crippen LogP) is 3.22. The Morgan fingerprint density at radius 1 is 1.31 bits per heavy atom. The Labute approximate surface area is 173 Å². The summed E-state index contributed by atoms with van der Waals surface area (Å²) in [7, 11) is 1.80. The zero-order valence-corrected chi connectivity index (χ0v) is 17.6. The average Bonchev–Trinajstić information content (AvgIpc) is 2.74. The van der Waals surface area contributed by atoms with Crippen molar-refractivity contribution in [1.29, 1.82) is 0 Å². The van der Waals surface area contributed by atoms with Gasteiger partial charge in [0.2, 0.25) is 0 Å². The molecular formula is C22H34FN3O3. The van der Waals surface area contributed by atoms with Gasteiger partial charge in [0.05, 0.1) is 25.4 Å². The summed E-state index contributed by atoms with van der Waals surface area (Å²) in [6.07, 6.45) is 5.98. The standard InChI is InChI=1S/C22H34FN3O3/c1-17(29-20-8-5-6-18(23)14-20)15-25-22(24-2)26-11-9-19(10-12-26)28-16-21-7-3-4-13-27-21/h5-6,8,14,17,19,21H,3-4,7,9-13,15-16H2,1-2H3,(H,24,25). The monoisotopic (exact) mass is 407 g/mol. The molecule has 2 unspecified atom stereocenters. The van der Waals surface area contributed by atoms with Crippen LogP contribution in [0.5, 0.6) is 5.75 Å². The fraction of sp³-hybridized carbons (Fsp3) is 0.682. The third kappa shape index (κ3) is 7.16. The molecule has 2 atom stereocenters. The van der Waals surface area contributed by atoms with Gasteiger partial charge in [-0.2, -0.15) is 0 Å². The van der Waals surface area contributed by atoms with E-state index in [0.717, 1.165) is 44.9 Å². The van der Waals surface area contributed by atoms with E-state index in [1.54, 1.807) is 19.2 Å². The molecular weight excluding hydrogens is 373 g/mol. The Bertz CT molecular complexity index is 644. The number of guanidine groups is 1. The van der Waals surface area contributed by atoms with Gasteiger partial charge in [0.25, 0.3) is 0 Å². The molecule has 2 aliphatic rings. The topological polar surface area (TPSA) is 55.3 Å². The summed E-state index contributed by atoms with van der Waals surface area (Å²) >= 11 is 0. The van der Waals surface area contributed by atoms with Crippen molar-refractivity contribution in [1.82, 2.24) is 10.2 Å². The minimum Gasteiger partial charge on any atom is -0.489 e. The molecule has 0 spiro atoms. The van der Waals surface area contributed by atoms with Crippen LogP contribution < -0.4 is 10.1 Å². The summed E-state index contributed by atoms with van der Waals surface area (Å²) in [6, 6.07) is 6.22. The summed E-state index contributed by atoms with van der Waals surface area (Å²) < 4.78 is 30.9. The average molecular weight is 408 g/mol. The number of hydrogen-bond acceptors (Lipinski definition) is 4. The smallest absolute Gasteiger partial charge is 0.193 e. The SMILES string of the molecule is CN=C(NCC(C)Oc1cccc(F)c1)N1CCC(OCC2CCCCO2)CC1. The number of hydrogen-bond donors (Lipinski definition) is 1. The van der Waals surface area contributed by atoms with Crippen molar-refractivity contribution in [3.05, 3.63) is 30.1 Å². The molecule has 2 saturated heterocycles. The number of halogens is 1. The lowest BCUT2D eigenvalue weighted by Gasteiger charge is -2.35. The number of aliphatic imine (C=N–C) groups is 1. The molecule has 7 heteroatoms. The number of rotatable bonds is 7. The van der Waals surface area contributed by atoms with E-state index in [-0.39, 0.29) is 18.0 Å². The lowest BCUT2D eigenvalue weighted by atomic mass is 10.1. The molecule has 1 aromatic rings. The van der Waals surface area contributed by atoms with Gasteiger partial charge in [-0.3, -0.25) is 4.99 Å². The Balaban J connectivity index is 1.36. The second-order valence-corrected chi connectivity index (χ2v) is 7.82. The predicted molar refractivity (Wildman–Crippen MR) is 112 cm³/mol. The van der Waals surface area contributed by atoms with E-state index < -0.39 is 0 Å². The van der Waals surface area contributed by atoms with Crippen molar-refractivity contribution in [2.24, 2.45) is 4.99 Å². The van der Waals surface area contributed by atoms with Crippen LogP contribution in [0.15, 0.2) is 29.3 Å². The molecule has 0 aromatic heterocycles. The van der Waals surface area contributed by atoms with Crippen LogP contribution in [0.4, 0.5) is 4.39 Å². The van der Waals surface area contributed by atoms with Gasteiger partial charge in [-0.15, -0.1) is 0 Å². The van der Waals surface area contributed by atoms with Crippen LogP contribution in [0, 0.1) is 5.82 Å². The molecule has 0 bridgehead atoms. The van der Waals surface area contributed by atoms with Gasteiger partial charge in [0.15, 0.2) is 5.96 Å². The Morgan fingerprint density at radius 2 is 2.14 bits per heavy atom. The van der Waals surface area contributed by atoms with E-state index in [2.05, 4.69) is 15.2 Å². The number of likely N-dealkylation sites (tertiary alicyclic amines) is 1. The zero-order valence-electron chi connectivity index (χ0n) is 17.6. The summed E-state index contributed by atoms with van der Waals surface area (Å²) in [6.45, 7) is 5.96. The van der Waals surface area contributed by atoms with E-state index >= 15 is 0 Å². The van der Waals surface area contributed by atoms with Crippen molar-refractivity contribution < 1.29 is 18.6 Å². The van der Waals surface area contributed by atoms with E-state index in [0.29, 0.717) is 25.0 Å². The van der Waals surface area contributed by atoms with Crippen LogP contribution in [0.3, 0.4) is 0 Å². The van der Waals surface area contributed by atoms with E-state index in [9.17, 15) is 4.39 Å². The van der Waals surface area contributed by atoms with Gasteiger partial charge >= 0.3 is 0 Å². The lowest BCUT2D eigenvalue weighted by Crippen LogP contribution is -2.49. The molecule has 29 heavy (non-hydrogen) atoms. The van der Waals surface area contributed by atoms with E-state index in [1.165, 1.54) is 25.0 Å². The summed E-state index contributed by atoms with van der Waals surface area (Å²) in [5.74, 6) is 1.11. The largest absolute Gasteiger partial charge is 0.489 e. The van der Waals surface area contributed by atoms with Crippen molar-refractivity contribution in [2.75, 3.05) is 39.9 Å². The Hall–Kier alpha value is -1.86. The molecule has 6 nitrogen and oxygen atoms in total. The van der Waals surface area contributed by atoms with Crippen molar-refractivity contribution >= 4 is 5.96 Å². The summed E-state index contributed by atoms with van der Waals surface area (Å²) in [4.78, 5) is 6.66. The molecule has 162 valence electrons. The molecule has 0 aliphatic carbocycles. The molecule has 2 fully saturated rings. The van der Waals surface area contributed by atoms with Crippen molar-refractivity contribution in [2.45, 2.75) is 57.3 Å². The minimum atomic E-state index is -0.293. The first-order valence-electron chi connectivity index (χ1n) is 10.7. The highest BCUT2D eigenvalue weighted by Gasteiger charge is 2.24. The van der Waals surface area contributed by atoms with Crippen molar-refractivity contribution in [3.63, 3.8) is 0 Å². The van der Waals surface area contributed by atoms with E-state index in [1.807, 2.05) is 6.92 Å².